The fourth-order valence-electron chi connectivity index (χ4n) is 6.23. The lowest BCUT2D eigenvalue weighted by molar-refractivity contribution is -0.141. The number of methoxy groups -OCH3 is 1. The van der Waals surface area contributed by atoms with E-state index in [9.17, 15) is 9.59 Å². The van der Waals surface area contributed by atoms with Crippen molar-refractivity contribution in [2.75, 3.05) is 38.2 Å². The van der Waals surface area contributed by atoms with Crippen molar-refractivity contribution in [1.82, 2.24) is 9.80 Å². The van der Waals surface area contributed by atoms with E-state index < -0.39 is 0 Å². The van der Waals surface area contributed by atoms with Crippen LogP contribution in [0.2, 0.25) is 0 Å². The summed E-state index contributed by atoms with van der Waals surface area (Å²) in [5.41, 5.74) is 5.22. The highest BCUT2D eigenvalue weighted by molar-refractivity contribution is 14.0. The number of anilines is 1. The van der Waals surface area contributed by atoms with E-state index in [4.69, 9.17) is 4.74 Å². The zero-order chi connectivity index (χ0) is 24.9. The highest BCUT2D eigenvalue weighted by Gasteiger charge is 2.36. The third kappa shape index (κ3) is 6.85. The van der Waals surface area contributed by atoms with Gasteiger partial charge in [-0.1, -0.05) is 36.4 Å². The molecule has 1 saturated heterocycles. The summed E-state index contributed by atoms with van der Waals surface area (Å²) >= 11 is 0. The largest absolute Gasteiger partial charge is 0.469 e. The first-order valence-electron chi connectivity index (χ1n) is 13.6. The number of nitrogens with zero attached hydrogens (tertiary/aromatic N) is 3. The predicted octanol–water partition coefficient (Wildman–Crippen LogP) is 5.66. The molecule has 2 aromatic rings. The summed E-state index contributed by atoms with van der Waals surface area (Å²) in [6, 6.07) is 17.9. The minimum atomic E-state index is -0.118. The normalized spacial score (nSPS) is 22.2. The highest BCUT2D eigenvalue weighted by atomic mass is 127. The van der Waals surface area contributed by atoms with Crippen LogP contribution in [-0.4, -0.2) is 61.1 Å². The minimum absolute atomic E-state index is 0. The molecule has 6 nitrogen and oxygen atoms in total. The van der Waals surface area contributed by atoms with E-state index >= 15 is 0 Å². The van der Waals surface area contributed by atoms with Crippen molar-refractivity contribution in [1.29, 1.82) is 0 Å². The van der Waals surface area contributed by atoms with Crippen LogP contribution in [0.25, 0.3) is 0 Å². The average Bonchev–Trinajstić information content (AvgIpc) is 3.19. The van der Waals surface area contributed by atoms with E-state index in [0.29, 0.717) is 18.4 Å². The number of fused-ring (bicyclic) bond motifs is 1. The number of amides is 2. The molecular weight excluding hydrogens is 577 g/mol. The summed E-state index contributed by atoms with van der Waals surface area (Å²) in [5, 5.41) is 0. The van der Waals surface area contributed by atoms with Crippen molar-refractivity contribution in [3.05, 3.63) is 65.2 Å². The first-order chi connectivity index (χ1) is 17.6. The molecule has 3 aliphatic rings. The second-order valence-electron chi connectivity index (χ2n) is 10.6. The minimum Gasteiger partial charge on any atom is -0.469 e. The SMILES string of the molecule is COC(=O)CCC1CCC(N2CCN(c3ccc4c(c3)CCN(Cc3ccccc3)CC4)C2=O)CC1.I. The highest BCUT2D eigenvalue weighted by Crippen LogP contribution is 2.34. The molecular formula is C30H40IN3O3. The van der Waals surface area contributed by atoms with Gasteiger partial charge in [0.25, 0.3) is 0 Å². The fraction of sp³-hybridized carbons (Fsp3) is 0.533. The number of halogens is 1. The summed E-state index contributed by atoms with van der Waals surface area (Å²) in [6.07, 6.45) is 7.73. The molecule has 1 saturated carbocycles. The third-order valence-electron chi connectivity index (χ3n) is 8.43. The lowest BCUT2D eigenvalue weighted by Crippen LogP contribution is -2.41. The second kappa shape index (κ2) is 13.1. The quantitative estimate of drug-likeness (QED) is 0.298. The van der Waals surface area contributed by atoms with Gasteiger partial charge in [0.05, 0.1) is 7.11 Å². The molecule has 0 N–H and O–H groups in total. The molecule has 0 spiro atoms. The van der Waals surface area contributed by atoms with E-state index in [2.05, 4.69) is 58.3 Å². The second-order valence-corrected chi connectivity index (χ2v) is 10.6. The van der Waals surface area contributed by atoms with Gasteiger partial charge in [0.1, 0.15) is 0 Å². The Balaban J connectivity index is 0.00000320. The van der Waals surface area contributed by atoms with E-state index in [1.54, 1.807) is 0 Å². The Hall–Kier alpha value is -2.13. The van der Waals surface area contributed by atoms with Crippen LogP contribution in [0.5, 0.6) is 0 Å². The zero-order valence-corrected chi connectivity index (χ0v) is 24.3. The van der Waals surface area contributed by atoms with Crippen LogP contribution < -0.4 is 4.90 Å². The smallest absolute Gasteiger partial charge is 0.324 e. The number of ether oxygens (including phenoxy) is 1. The van der Waals surface area contributed by atoms with Gasteiger partial charge in [-0.15, -0.1) is 24.0 Å². The molecule has 2 fully saturated rings. The Morgan fingerprint density at radius 2 is 1.65 bits per heavy atom. The van der Waals surface area contributed by atoms with Crippen LogP contribution in [-0.2, 0) is 28.9 Å². The Kier molecular flexibility index (Phi) is 9.87. The molecule has 0 atom stereocenters. The molecule has 0 unspecified atom stereocenters. The fourth-order valence-corrected chi connectivity index (χ4v) is 6.23. The molecule has 0 radical (unpaired) electrons. The van der Waals surface area contributed by atoms with Crippen molar-refractivity contribution >= 4 is 41.7 Å². The number of carbonyl (C=O) groups excluding carboxylic acids is 2. The first kappa shape index (κ1) is 27.9. The summed E-state index contributed by atoms with van der Waals surface area (Å²) in [7, 11) is 1.45. The van der Waals surface area contributed by atoms with Crippen LogP contribution in [0.15, 0.2) is 48.5 Å². The monoisotopic (exact) mass is 617 g/mol. The van der Waals surface area contributed by atoms with E-state index in [-0.39, 0.29) is 36.0 Å². The zero-order valence-electron chi connectivity index (χ0n) is 21.9. The molecule has 2 aliphatic heterocycles. The lowest BCUT2D eigenvalue weighted by atomic mass is 9.83. The van der Waals surface area contributed by atoms with Gasteiger partial charge in [0.15, 0.2) is 0 Å². The molecule has 37 heavy (non-hydrogen) atoms. The number of urea groups is 1. The molecule has 5 rings (SSSR count). The first-order valence-corrected chi connectivity index (χ1v) is 13.6. The summed E-state index contributed by atoms with van der Waals surface area (Å²) in [5.74, 6) is 0.451. The van der Waals surface area contributed by atoms with Gasteiger partial charge in [0.2, 0.25) is 0 Å². The molecule has 2 heterocycles. The number of benzene rings is 2. The maximum atomic E-state index is 13.4. The van der Waals surface area contributed by atoms with Gasteiger partial charge in [-0.25, -0.2) is 4.79 Å². The van der Waals surface area contributed by atoms with Gasteiger partial charge in [-0.2, -0.15) is 0 Å². The van der Waals surface area contributed by atoms with Gasteiger partial charge < -0.3 is 9.64 Å². The Morgan fingerprint density at radius 3 is 2.38 bits per heavy atom. The maximum absolute atomic E-state index is 13.4. The van der Waals surface area contributed by atoms with Crippen LogP contribution in [0.3, 0.4) is 0 Å². The van der Waals surface area contributed by atoms with Crippen molar-refractivity contribution in [2.24, 2.45) is 5.92 Å². The number of carbonyl (C=O) groups is 2. The van der Waals surface area contributed by atoms with E-state index in [1.165, 1.54) is 23.8 Å². The predicted molar refractivity (Wildman–Crippen MR) is 157 cm³/mol. The maximum Gasteiger partial charge on any atom is 0.324 e. The van der Waals surface area contributed by atoms with Crippen LogP contribution in [0.4, 0.5) is 10.5 Å². The number of esters is 1. The Labute approximate surface area is 238 Å². The third-order valence-corrected chi connectivity index (χ3v) is 8.43. The molecule has 0 aromatic heterocycles. The number of hydrogen-bond acceptors (Lipinski definition) is 4. The van der Waals surface area contributed by atoms with Crippen molar-refractivity contribution in [2.45, 2.75) is 64.0 Å². The molecule has 2 aromatic carbocycles. The number of hydrogen-bond donors (Lipinski definition) is 0. The molecule has 7 heteroatoms. The van der Waals surface area contributed by atoms with E-state index in [1.807, 2.05) is 4.90 Å². The summed E-state index contributed by atoms with van der Waals surface area (Å²) in [6.45, 7) is 4.68. The number of rotatable bonds is 7. The Morgan fingerprint density at radius 1 is 0.919 bits per heavy atom. The van der Waals surface area contributed by atoms with Gasteiger partial charge in [-0.05, 0) is 79.7 Å². The van der Waals surface area contributed by atoms with Gasteiger partial charge in [0, 0.05) is 50.9 Å². The molecule has 0 bridgehead atoms. The summed E-state index contributed by atoms with van der Waals surface area (Å²) in [4.78, 5) is 31.5. The molecule has 2 amide bonds. The van der Waals surface area contributed by atoms with Crippen LogP contribution in [0, 0.1) is 5.92 Å². The van der Waals surface area contributed by atoms with Crippen LogP contribution >= 0.6 is 24.0 Å². The van der Waals surface area contributed by atoms with Crippen LogP contribution in [0.1, 0.15) is 55.2 Å². The summed E-state index contributed by atoms with van der Waals surface area (Å²) < 4.78 is 4.78. The van der Waals surface area contributed by atoms with Crippen molar-refractivity contribution < 1.29 is 14.3 Å². The lowest BCUT2D eigenvalue weighted by Gasteiger charge is -2.34. The van der Waals surface area contributed by atoms with Gasteiger partial charge in [-0.3, -0.25) is 14.6 Å². The average molecular weight is 618 g/mol. The van der Waals surface area contributed by atoms with Crippen molar-refractivity contribution in [3.63, 3.8) is 0 Å². The van der Waals surface area contributed by atoms with E-state index in [0.717, 1.165) is 83.4 Å². The van der Waals surface area contributed by atoms with Gasteiger partial charge >= 0.3 is 12.0 Å². The topological polar surface area (TPSA) is 53.1 Å². The molecule has 200 valence electrons. The molecule has 1 aliphatic carbocycles. The Bertz CT molecular complexity index is 1060. The standard InChI is InChI=1S/C30H39N3O3.HI/c1-36-29(34)14-9-23-7-11-27(12-8-23)32-19-20-33(30(32)35)28-13-10-25-15-17-31(18-16-26(25)21-28)22-24-5-3-2-4-6-24;/h2-6,10,13,21,23,27H,7-9,11-12,14-20,22H2,1H3;1H. The van der Waals surface area contributed by atoms with Crippen molar-refractivity contribution in [3.8, 4) is 0 Å².